The summed E-state index contributed by atoms with van der Waals surface area (Å²) in [5, 5.41) is 3.32. The molecule has 1 nitrogen and oxygen atoms in total. The average Bonchev–Trinajstić information content (AvgIpc) is 2.42. The molecule has 0 amide bonds. The zero-order valence-corrected chi connectivity index (χ0v) is 11.8. The van der Waals surface area contributed by atoms with Gasteiger partial charge in [0.15, 0.2) is 0 Å². The third kappa shape index (κ3) is 3.87. The van der Waals surface area contributed by atoms with Crippen LogP contribution in [0, 0.1) is 18.6 Å². The fraction of sp³-hybridized carbons (Fsp3) is 0.294. The summed E-state index contributed by atoms with van der Waals surface area (Å²) in [6.07, 6.45) is 0.746. The highest BCUT2D eigenvalue weighted by molar-refractivity contribution is 5.25. The minimum absolute atomic E-state index is 0.0682. The molecule has 20 heavy (non-hydrogen) atoms. The molecule has 0 heterocycles. The molecule has 0 fully saturated rings. The van der Waals surface area contributed by atoms with Gasteiger partial charge in [-0.1, -0.05) is 24.3 Å². The highest BCUT2D eigenvalue weighted by Gasteiger charge is 2.07. The quantitative estimate of drug-likeness (QED) is 0.863. The second-order valence-corrected chi connectivity index (χ2v) is 5.06. The van der Waals surface area contributed by atoms with E-state index in [0.29, 0.717) is 5.56 Å². The lowest BCUT2D eigenvalue weighted by Crippen LogP contribution is -2.21. The zero-order valence-electron chi connectivity index (χ0n) is 11.8. The van der Waals surface area contributed by atoms with Crippen LogP contribution in [0.3, 0.4) is 0 Å². The summed E-state index contributed by atoms with van der Waals surface area (Å²) in [5.74, 6) is -0.391. The molecule has 0 aromatic heterocycles. The fourth-order valence-electron chi connectivity index (χ4n) is 2.12. The van der Waals surface area contributed by atoms with Gasteiger partial charge in [-0.2, -0.15) is 0 Å². The lowest BCUT2D eigenvalue weighted by molar-refractivity contribution is 0.563. The zero-order chi connectivity index (χ0) is 14.5. The van der Waals surface area contributed by atoms with Crippen molar-refractivity contribution < 1.29 is 8.78 Å². The van der Waals surface area contributed by atoms with Gasteiger partial charge in [0.25, 0.3) is 0 Å². The molecule has 1 N–H and O–H groups in total. The van der Waals surface area contributed by atoms with Crippen molar-refractivity contribution in [2.75, 3.05) is 6.54 Å². The third-order valence-electron chi connectivity index (χ3n) is 3.45. The molecule has 0 saturated carbocycles. The van der Waals surface area contributed by atoms with E-state index in [1.165, 1.54) is 12.1 Å². The minimum atomic E-state index is -0.212. The van der Waals surface area contributed by atoms with Gasteiger partial charge >= 0.3 is 0 Å². The molecule has 0 aliphatic heterocycles. The van der Waals surface area contributed by atoms with E-state index in [4.69, 9.17) is 0 Å². The molecule has 2 aromatic carbocycles. The Kier molecular flexibility index (Phi) is 4.85. The lowest BCUT2D eigenvalue weighted by Gasteiger charge is -2.15. The van der Waals surface area contributed by atoms with Crippen molar-refractivity contribution in [3.63, 3.8) is 0 Å². The topological polar surface area (TPSA) is 12.0 Å². The molecule has 2 aromatic rings. The molecule has 0 aliphatic rings. The summed E-state index contributed by atoms with van der Waals surface area (Å²) in [6, 6.07) is 11.9. The highest BCUT2D eigenvalue weighted by atomic mass is 19.1. The molecule has 0 aliphatic carbocycles. The minimum Gasteiger partial charge on any atom is -0.310 e. The van der Waals surface area contributed by atoms with Gasteiger partial charge in [-0.15, -0.1) is 0 Å². The average molecular weight is 275 g/mol. The second-order valence-electron chi connectivity index (χ2n) is 5.06. The Morgan fingerprint density at radius 1 is 1.10 bits per heavy atom. The SMILES string of the molecule is Cc1ccc(C(C)NCCc2cccc(F)c2)cc1F. The van der Waals surface area contributed by atoms with Crippen LogP contribution in [0.4, 0.5) is 8.78 Å². The fourth-order valence-corrected chi connectivity index (χ4v) is 2.12. The highest BCUT2D eigenvalue weighted by Crippen LogP contribution is 2.16. The van der Waals surface area contributed by atoms with Crippen LogP contribution in [0.2, 0.25) is 0 Å². The predicted molar refractivity (Wildman–Crippen MR) is 77.7 cm³/mol. The smallest absolute Gasteiger partial charge is 0.126 e. The van der Waals surface area contributed by atoms with Crippen molar-refractivity contribution in [3.8, 4) is 0 Å². The van der Waals surface area contributed by atoms with E-state index in [2.05, 4.69) is 5.32 Å². The van der Waals surface area contributed by atoms with Crippen molar-refractivity contribution >= 4 is 0 Å². The standard InChI is InChI=1S/C17H19F2N/c1-12-6-7-15(11-17(12)19)13(2)20-9-8-14-4-3-5-16(18)10-14/h3-7,10-11,13,20H,8-9H2,1-2H3. The van der Waals surface area contributed by atoms with Crippen LogP contribution < -0.4 is 5.32 Å². The first-order valence-electron chi connectivity index (χ1n) is 6.80. The van der Waals surface area contributed by atoms with Crippen molar-refractivity contribution in [1.29, 1.82) is 0 Å². The van der Waals surface area contributed by atoms with Crippen LogP contribution in [-0.2, 0) is 6.42 Å². The number of rotatable bonds is 5. The number of hydrogen-bond acceptors (Lipinski definition) is 1. The van der Waals surface area contributed by atoms with E-state index in [0.717, 1.165) is 24.1 Å². The van der Waals surface area contributed by atoms with Gasteiger partial charge in [0.2, 0.25) is 0 Å². The Hall–Kier alpha value is -1.74. The van der Waals surface area contributed by atoms with E-state index in [1.807, 2.05) is 19.1 Å². The summed E-state index contributed by atoms with van der Waals surface area (Å²) >= 11 is 0. The van der Waals surface area contributed by atoms with Crippen LogP contribution in [-0.4, -0.2) is 6.54 Å². The second kappa shape index (κ2) is 6.62. The van der Waals surface area contributed by atoms with E-state index in [1.54, 1.807) is 25.1 Å². The summed E-state index contributed by atoms with van der Waals surface area (Å²) in [5.41, 5.74) is 2.54. The first-order chi connectivity index (χ1) is 9.56. The summed E-state index contributed by atoms with van der Waals surface area (Å²) < 4.78 is 26.5. The van der Waals surface area contributed by atoms with Gasteiger partial charge in [-0.05, 0) is 61.7 Å². The Labute approximate surface area is 118 Å². The van der Waals surface area contributed by atoms with Gasteiger partial charge in [-0.3, -0.25) is 0 Å². The lowest BCUT2D eigenvalue weighted by atomic mass is 10.1. The summed E-state index contributed by atoms with van der Waals surface area (Å²) in [7, 11) is 0. The maximum absolute atomic E-state index is 13.5. The normalized spacial score (nSPS) is 12.4. The van der Waals surface area contributed by atoms with Gasteiger partial charge in [-0.25, -0.2) is 8.78 Å². The molecule has 1 unspecified atom stereocenters. The monoisotopic (exact) mass is 275 g/mol. The Bertz CT molecular complexity index is 581. The van der Waals surface area contributed by atoms with E-state index in [-0.39, 0.29) is 17.7 Å². The molecule has 0 saturated heterocycles. The Morgan fingerprint density at radius 2 is 1.90 bits per heavy atom. The maximum atomic E-state index is 13.5. The van der Waals surface area contributed by atoms with Gasteiger partial charge < -0.3 is 5.32 Å². The molecule has 0 bridgehead atoms. The van der Waals surface area contributed by atoms with Crippen molar-refractivity contribution in [2.24, 2.45) is 0 Å². The molecule has 0 spiro atoms. The molecule has 2 rings (SSSR count). The Balaban J connectivity index is 1.88. The van der Waals surface area contributed by atoms with Crippen LogP contribution >= 0.6 is 0 Å². The maximum Gasteiger partial charge on any atom is 0.126 e. The number of halogens is 2. The first kappa shape index (κ1) is 14.7. The molecule has 1 atom stereocenters. The predicted octanol–water partition coefficient (Wildman–Crippen LogP) is 4.17. The van der Waals surface area contributed by atoms with Crippen LogP contribution in [0.25, 0.3) is 0 Å². The summed E-state index contributed by atoms with van der Waals surface area (Å²) in [6.45, 7) is 4.47. The van der Waals surface area contributed by atoms with Crippen LogP contribution in [0.15, 0.2) is 42.5 Å². The molecular weight excluding hydrogens is 256 g/mol. The van der Waals surface area contributed by atoms with Gasteiger partial charge in [0.05, 0.1) is 0 Å². The largest absolute Gasteiger partial charge is 0.310 e. The van der Waals surface area contributed by atoms with Crippen LogP contribution in [0.5, 0.6) is 0 Å². The van der Waals surface area contributed by atoms with E-state index >= 15 is 0 Å². The van der Waals surface area contributed by atoms with E-state index < -0.39 is 0 Å². The number of benzene rings is 2. The van der Waals surface area contributed by atoms with Crippen molar-refractivity contribution in [1.82, 2.24) is 5.32 Å². The van der Waals surface area contributed by atoms with Crippen molar-refractivity contribution in [2.45, 2.75) is 26.3 Å². The number of aryl methyl sites for hydroxylation is 1. The molecule has 3 heteroatoms. The van der Waals surface area contributed by atoms with Gasteiger partial charge in [0.1, 0.15) is 11.6 Å². The molecular formula is C17H19F2N. The van der Waals surface area contributed by atoms with Gasteiger partial charge in [0, 0.05) is 6.04 Å². The summed E-state index contributed by atoms with van der Waals surface area (Å²) in [4.78, 5) is 0. The van der Waals surface area contributed by atoms with E-state index in [9.17, 15) is 8.78 Å². The number of nitrogens with one attached hydrogen (secondary N) is 1. The Morgan fingerprint density at radius 3 is 2.60 bits per heavy atom. The van der Waals surface area contributed by atoms with Crippen molar-refractivity contribution in [3.05, 3.63) is 70.8 Å². The molecule has 0 radical (unpaired) electrons. The third-order valence-corrected chi connectivity index (χ3v) is 3.45. The number of hydrogen-bond donors (Lipinski definition) is 1. The molecule has 106 valence electrons. The first-order valence-corrected chi connectivity index (χ1v) is 6.80. The van der Waals surface area contributed by atoms with Crippen LogP contribution in [0.1, 0.15) is 29.7 Å².